The van der Waals surface area contributed by atoms with E-state index >= 15 is 0 Å². The molecule has 0 heterocycles. The van der Waals surface area contributed by atoms with Crippen molar-refractivity contribution in [2.45, 2.75) is 32.7 Å². The van der Waals surface area contributed by atoms with E-state index in [-0.39, 0.29) is 5.41 Å². The van der Waals surface area contributed by atoms with Gasteiger partial charge in [0, 0.05) is 12.2 Å². The van der Waals surface area contributed by atoms with E-state index in [0.717, 1.165) is 18.0 Å². The zero-order valence-corrected chi connectivity index (χ0v) is 12.7. The summed E-state index contributed by atoms with van der Waals surface area (Å²) >= 11 is 0. The first-order valence-corrected chi connectivity index (χ1v) is 6.96. The smallest absolute Gasteiger partial charge is 0.119 e. The molecule has 0 atom stereocenters. The normalized spacial score (nSPS) is 11.2. The lowest BCUT2D eigenvalue weighted by Gasteiger charge is -2.19. The number of hydrogen-bond acceptors (Lipinski definition) is 2. The molecule has 0 aliphatic carbocycles. The van der Waals surface area contributed by atoms with Crippen LogP contribution in [0.15, 0.2) is 48.5 Å². The Morgan fingerprint density at radius 3 is 2.30 bits per heavy atom. The zero-order chi connectivity index (χ0) is 14.6. The van der Waals surface area contributed by atoms with Gasteiger partial charge in [-0.1, -0.05) is 45.0 Å². The van der Waals surface area contributed by atoms with E-state index in [1.165, 1.54) is 11.1 Å². The van der Waals surface area contributed by atoms with Crippen LogP contribution in [-0.2, 0) is 12.0 Å². The highest BCUT2D eigenvalue weighted by Crippen LogP contribution is 2.23. The van der Waals surface area contributed by atoms with E-state index in [1.54, 1.807) is 7.11 Å². The summed E-state index contributed by atoms with van der Waals surface area (Å²) in [5.74, 6) is 0.896. The van der Waals surface area contributed by atoms with Gasteiger partial charge in [-0.15, -0.1) is 0 Å². The zero-order valence-electron chi connectivity index (χ0n) is 12.7. The summed E-state index contributed by atoms with van der Waals surface area (Å²) in [5.41, 5.74) is 3.90. The van der Waals surface area contributed by atoms with Gasteiger partial charge in [0.15, 0.2) is 0 Å². The van der Waals surface area contributed by atoms with Crippen molar-refractivity contribution in [3.05, 3.63) is 59.7 Å². The van der Waals surface area contributed by atoms with Gasteiger partial charge in [0.1, 0.15) is 5.75 Å². The summed E-state index contributed by atoms with van der Waals surface area (Å²) in [6.07, 6.45) is 0. The molecular weight excluding hydrogens is 246 g/mol. The highest BCUT2D eigenvalue weighted by molar-refractivity contribution is 5.46. The molecule has 0 aliphatic rings. The number of anilines is 1. The summed E-state index contributed by atoms with van der Waals surface area (Å²) < 4.78 is 5.23. The first-order chi connectivity index (χ1) is 9.49. The number of nitrogens with one attached hydrogen (secondary N) is 1. The summed E-state index contributed by atoms with van der Waals surface area (Å²) in [6.45, 7) is 7.48. The van der Waals surface area contributed by atoms with E-state index in [9.17, 15) is 0 Å². The molecule has 2 rings (SSSR count). The average Bonchev–Trinajstić information content (AvgIpc) is 2.45. The van der Waals surface area contributed by atoms with Crippen molar-refractivity contribution >= 4 is 5.69 Å². The van der Waals surface area contributed by atoms with Crippen molar-refractivity contribution in [2.24, 2.45) is 0 Å². The molecule has 0 saturated heterocycles. The molecule has 2 aromatic rings. The van der Waals surface area contributed by atoms with E-state index in [2.05, 4.69) is 62.5 Å². The van der Waals surface area contributed by atoms with Crippen LogP contribution in [0.4, 0.5) is 5.69 Å². The van der Waals surface area contributed by atoms with Crippen molar-refractivity contribution in [1.29, 1.82) is 0 Å². The third-order valence-corrected chi connectivity index (χ3v) is 3.38. The van der Waals surface area contributed by atoms with Gasteiger partial charge in [-0.2, -0.15) is 0 Å². The molecule has 0 aromatic heterocycles. The molecule has 0 fully saturated rings. The lowest BCUT2D eigenvalue weighted by atomic mass is 9.87. The second-order valence-corrected chi connectivity index (χ2v) is 6.03. The maximum atomic E-state index is 5.23. The highest BCUT2D eigenvalue weighted by atomic mass is 16.5. The lowest BCUT2D eigenvalue weighted by Crippen LogP contribution is -2.10. The number of methoxy groups -OCH3 is 1. The van der Waals surface area contributed by atoms with E-state index in [1.807, 2.05) is 12.1 Å². The Bertz CT molecular complexity index is 552. The maximum Gasteiger partial charge on any atom is 0.119 e. The largest absolute Gasteiger partial charge is 0.497 e. The fourth-order valence-corrected chi connectivity index (χ4v) is 2.07. The number of rotatable bonds is 4. The third-order valence-electron chi connectivity index (χ3n) is 3.38. The average molecular weight is 269 g/mol. The van der Waals surface area contributed by atoms with Crippen molar-refractivity contribution in [1.82, 2.24) is 0 Å². The Labute approximate surface area is 121 Å². The van der Waals surface area contributed by atoms with E-state index < -0.39 is 0 Å². The van der Waals surface area contributed by atoms with Gasteiger partial charge < -0.3 is 10.1 Å². The molecule has 0 aliphatic heterocycles. The second-order valence-electron chi connectivity index (χ2n) is 6.03. The van der Waals surface area contributed by atoms with Crippen LogP contribution >= 0.6 is 0 Å². The first-order valence-electron chi connectivity index (χ1n) is 6.96. The van der Waals surface area contributed by atoms with Gasteiger partial charge in [-0.3, -0.25) is 0 Å². The molecule has 0 spiro atoms. The first kappa shape index (κ1) is 14.4. The van der Waals surface area contributed by atoms with Crippen LogP contribution in [0.3, 0.4) is 0 Å². The van der Waals surface area contributed by atoms with E-state index in [4.69, 9.17) is 4.74 Å². The fraction of sp³-hybridized carbons (Fsp3) is 0.333. The molecule has 1 N–H and O–H groups in total. The minimum atomic E-state index is 0.200. The minimum absolute atomic E-state index is 0.200. The van der Waals surface area contributed by atoms with Crippen LogP contribution in [0.1, 0.15) is 31.9 Å². The van der Waals surface area contributed by atoms with Gasteiger partial charge >= 0.3 is 0 Å². The lowest BCUT2D eigenvalue weighted by molar-refractivity contribution is 0.414. The Kier molecular flexibility index (Phi) is 4.33. The number of benzene rings is 2. The summed E-state index contributed by atoms with van der Waals surface area (Å²) in [5, 5.41) is 3.44. The van der Waals surface area contributed by atoms with Gasteiger partial charge in [0.05, 0.1) is 7.11 Å². The topological polar surface area (TPSA) is 21.3 Å². The molecule has 106 valence electrons. The molecular formula is C18H23NO. The molecule has 0 saturated carbocycles. The van der Waals surface area contributed by atoms with Gasteiger partial charge in [0.25, 0.3) is 0 Å². The summed E-state index contributed by atoms with van der Waals surface area (Å²) in [4.78, 5) is 0. The van der Waals surface area contributed by atoms with Gasteiger partial charge in [-0.05, 0) is 40.8 Å². The van der Waals surface area contributed by atoms with E-state index in [0.29, 0.717) is 0 Å². The monoisotopic (exact) mass is 269 g/mol. The molecule has 0 amide bonds. The molecule has 0 bridgehead atoms. The Morgan fingerprint density at radius 1 is 1.00 bits per heavy atom. The van der Waals surface area contributed by atoms with Crippen LogP contribution in [0, 0.1) is 0 Å². The standard InChI is InChI=1S/C18H23NO/c1-18(2,3)15-8-10-16(11-9-15)19-13-14-6-5-7-17(12-14)20-4/h5-12,19H,13H2,1-4H3. The van der Waals surface area contributed by atoms with Crippen molar-refractivity contribution in [2.75, 3.05) is 12.4 Å². The molecule has 0 unspecified atom stereocenters. The molecule has 0 radical (unpaired) electrons. The number of hydrogen-bond donors (Lipinski definition) is 1. The quantitative estimate of drug-likeness (QED) is 0.875. The minimum Gasteiger partial charge on any atom is -0.497 e. The fourth-order valence-electron chi connectivity index (χ4n) is 2.07. The Hall–Kier alpha value is -1.96. The van der Waals surface area contributed by atoms with Crippen LogP contribution in [-0.4, -0.2) is 7.11 Å². The van der Waals surface area contributed by atoms with Crippen molar-refractivity contribution in [3.63, 3.8) is 0 Å². The molecule has 2 heteroatoms. The third kappa shape index (κ3) is 3.77. The Balaban J connectivity index is 2.00. The molecule has 2 nitrogen and oxygen atoms in total. The summed E-state index contributed by atoms with van der Waals surface area (Å²) in [6, 6.07) is 16.8. The van der Waals surface area contributed by atoms with Crippen LogP contribution in [0.2, 0.25) is 0 Å². The maximum absolute atomic E-state index is 5.23. The van der Waals surface area contributed by atoms with Crippen LogP contribution in [0.5, 0.6) is 5.75 Å². The van der Waals surface area contributed by atoms with Crippen LogP contribution < -0.4 is 10.1 Å². The predicted octanol–water partition coefficient (Wildman–Crippen LogP) is 4.60. The predicted molar refractivity (Wildman–Crippen MR) is 85.5 cm³/mol. The molecule has 2 aromatic carbocycles. The van der Waals surface area contributed by atoms with Gasteiger partial charge in [-0.25, -0.2) is 0 Å². The van der Waals surface area contributed by atoms with Crippen molar-refractivity contribution < 1.29 is 4.74 Å². The number of ether oxygens (including phenoxy) is 1. The highest BCUT2D eigenvalue weighted by Gasteiger charge is 2.12. The van der Waals surface area contributed by atoms with Gasteiger partial charge in [0.2, 0.25) is 0 Å². The second kappa shape index (κ2) is 6.00. The van der Waals surface area contributed by atoms with Crippen LogP contribution in [0.25, 0.3) is 0 Å². The summed E-state index contributed by atoms with van der Waals surface area (Å²) in [7, 11) is 1.69. The van der Waals surface area contributed by atoms with Crippen molar-refractivity contribution in [3.8, 4) is 5.75 Å². The Morgan fingerprint density at radius 2 is 1.70 bits per heavy atom. The SMILES string of the molecule is COc1cccc(CNc2ccc(C(C)(C)C)cc2)c1. The molecule has 20 heavy (non-hydrogen) atoms.